The van der Waals surface area contributed by atoms with Gasteiger partial charge in [-0.15, -0.1) is 0 Å². The number of hydrogen-bond acceptors (Lipinski definition) is 6. The molecule has 0 unspecified atom stereocenters. The molecule has 34 heavy (non-hydrogen) atoms. The van der Waals surface area contributed by atoms with Crippen LogP contribution in [0.2, 0.25) is 0 Å². The lowest BCUT2D eigenvalue weighted by Gasteiger charge is -2.37. The summed E-state index contributed by atoms with van der Waals surface area (Å²) in [5, 5.41) is 10.9. The Bertz CT molecular complexity index is 1200. The molecule has 1 aliphatic rings. The maximum atomic E-state index is 13.4. The first-order chi connectivity index (χ1) is 16.4. The van der Waals surface area contributed by atoms with Gasteiger partial charge in [0.25, 0.3) is 11.6 Å². The molecule has 0 N–H and O–H groups in total. The average Bonchev–Trinajstić information content (AvgIpc) is 2.86. The standard InChI is InChI=1S/C25H23FN2O6/c1-32-23-13-17-11-12-27(25(29)16-3-5-18(26)6-4-16)22(21(17)14-24(23)33-2)15-34-20-9-7-19(8-10-20)28(30)31/h3-10,13-14,22H,11-12,15H2,1-2H3/t22-/m0/s1. The Labute approximate surface area is 195 Å². The summed E-state index contributed by atoms with van der Waals surface area (Å²) < 4.78 is 30.2. The highest BCUT2D eigenvalue weighted by Gasteiger charge is 2.33. The zero-order valence-corrected chi connectivity index (χ0v) is 18.7. The highest BCUT2D eigenvalue weighted by molar-refractivity contribution is 5.94. The topological polar surface area (TPSA) is 91.1 Å². The van der Waals surface area contributed by atoms with Gasteiger partial charge >= 0.3 is 0 Å². The summed E-state index contributed by atoms with van der Waals surface area (Å²) in [7, 11) is 3.10. The lowest BCUT2D eigenvalue weighted by atomic mass is 9.91. The van der Waals surface area contributed by atoms with Crippen LogP contribution in [-0.2, 0) is 6.42 Å². The van der Waals surface area contributed by atoms with Crippen molar-refractivity contribution in [3.63, 3.8) is 0 Å². The van der Waals surface area contributed by atoms with Crippen LogP contribution in [0.25, 0.3) is 0 Å². The smallest absolute Gasteiger partial charge is 0.269 e. The van der Waals surface area contributed by atoms with E-state index in [4.69, 9.17) is 14.2 Å². The first-order valence-corrected chi connectivity index (χ1v) is 10.6. The predicted molar refractivity (Wildman–Crippen MR) is 122 cm³/mol. The molecule has 1 heterocycles. The Morgan fingerprint density at radius 2 is 1.71 bits per heavy atom. The van der Waals surface area contributed by atoms with Gasteiger partial charge in [-0.3, -0.25) is 14.9 Å². The van der Waals surface area contributed by atoms with Gasteiger partial charge in [0.15, 0.2) is 11.5 Å². The normalized spacial score (nSPS) is 14.8. The number of ether oxygens (including phenoxy) is 3. The van der Waals surface area contributed by atoms with Crippen molar-refractivity contribution < 1.29 is 28.3 Å². The lowest BCUT2D eigenvalue weighted by Crippen LogP contribution is -2.42. The number of halogens is 1. The Kier molecular flexibility index (Phi) is 6.62. The molecule has 176 valence electrons. The van der Waals surface area contributed by atoms with E-state index in [0.717, 1.165) is 11.1 Å². The van der Waals surface area contributed by atoms with Gasteiger partial charge in [-0.1, -0.05) is 0 Å². The molecule has 3 aromatic rings. The summed E-state index contributed by atoms with van der Waals surface area (Å²) in [6.45, 7) is 0.528. The van der Waals surface area contributed by atoms with Crippen LogP contribution >= 0.6 is 0 Å². The second kappa shape index (κ2) is 9.78. The minimum absolute atomic E-state index is 0.0414. The van der Waals surface area contributed by atoms with Crippen LogP contribution in [-0.4, -0.2) is 43.1 Å². The fourth-order valence-electron chi connectivity index (χ4n) is 4.05. The molecule has 1 amide bonds. The van der Waals surface area contributed by atoms with Crippen molar-refractivity contribution in [3.8, 4) is 17.2 Å². The van der Waals surface area contributed by atoms with Crippen molar-refractivity contribution in [1.29, 1.82) is 0 Å². The van der Waals surface area contributed by atoms with E-state index in [2.05, 4.69) is 0 Å². The number of methoxy groups -OCH3 is 2. The van der Waals surface area contributed by atoms with Crippen LogP contribution in [0.3, 0.4) is 0 Å². The molecule has 0 radical (unpaired) electrons. The quantitative estimate of drug-likeness (QED) is 0.374. The monoisotopic (exact) mass is 466 g/mol. The summed E-state index contributed by atoms with van der Waals surface area (Å²) in [5.41, 5.74) is 2.17. The zero-order chi connectivity index (χ0) is 24.2. The van der Waals surface area contributed by atoms with E-state index in [1.807, 2.05) is 12.1 Å². The maximum Gasteiger partial charge on any atom is 0.269 e. The third-order valence-corrected chi connectivity index (χ3v) is 5.81. The summed E-state index contributed by atoms with van der Waals surface area (Å²) in [6.07, 6.45) is 0.594. The number of nitro benzene ring substituents is 1. The summed E-state index contributed by atoms with van der Waals surface area (Å²) >= 11 is 0. The minimum atomic E-state index is -0.482. The molecule has 4 rings (SSSR count). The number of carbonyl (C=O) groups is 1. The number of hydrogen-bond donors (Lipinski definition) is 0. The Morgan fingerprint density at radius 3 is 2.32 bits per heavy atom. The second-order valence-corrected chi connectivity index (χ2v) is 7.74. The van der Waals surface area contributed by atoms with Gasteiger partial charge in [-0.2, -0.15) is 0 Å². The molecule has 0 saturated heterocycles. The molecule has 0 aromatic heterocycles. The minimum Gasteiger partial charge on any atom is -0.493 e. The van der Waals surface area contributed by atoms with Crippen LogP contribution in [0.15, 0.2) is 60.7 Å². The molecular formula is C25H23FN2O6. The average molecular weight is 466 g/mol. The summed E-state index contributed by atoms with van der Waals surface area (Å²) in [5.74, 6) is 0.882. The number of nitro groups is 1. The van der Waals surface area contributed by atoms with Crippen molar-refractivity contribution in [2.45, 2.75) is 12.5 Å². The molecule has 9 heteroatoms. The third-order valence-electron chi connectivity index (χ3n) is 5.81. The summed E-state index contributed by atoms with van der Waals surface area (Å²) in [6, 6.07) is 14.4. The fourth-order valence-corrected chi connectivity index (χ4v) is 4.05. The number of rotatable bonds is 7. The zero-order valence-electron chi connectivity index (χ0n) is 18.7. The molecule has 0 fully saturated rings. The molecule has 1 atom stereocenters. The van der Waals surface area contributed by atoms with Gasteiger partial charge in [0.05, 0.1) is 25.2 Å². The number of benzene rings is 3. The van der Waals surface area contributed by atoms with E-state index in [1.54, 1.807) is 12.0 Å². The van der Waals surface area contributed by atoms with Gasteiger partial charge in [0.2, 0.25) is 0 Å². The number of non-ortho nitro benzene ring substituents is 1. The SMILES string of the molecule is COc1cc2c(cc1OC)[C@H](COc1ccc([N+](=O)[O-])cc1)N(C(=O)c1ccc(F)cc1)CC2. The van der Waals surface area contributed by atoms with E-state index in [1.165, 1.54) is 55.6 Å². The largest absolute Gasteiger partial charge is 0.493 e. The molecular weight excluding hydrogens is 443 g/mol. The third kappa shape index (κ3) is 4.63. The molecule has 8 nitrogen and oxygen atoms in total. The first kappa shape index (κ1) is 23.0. The van der Waals surface area contributed by atoms with E-state index in [-0.39, 0.29) is 18.2 Å². The van der Waals surface area contributed by atoms with Gasteiger partial charge in [0.1, 0.15) is 18.2 Å². The van der Waals surface area contributed by atoms with Crippen molar-refractivity contribution in [2.75, 3.05) is 27.4 Å². The fraction of sp³-hybridized carbons (Fsp3) is 0.240. The molecule has 0 spiro atoms. The highest BCUT2D eigenvalue weighted by atomic mass is 19.1. The van der Waals surface area contributed by atoms with Crippen LogP contribution in [0.5, 0.6) is 17.2 Å². The molecule has 0 saturated carbocycles. The Morgan fingerprint density at radius 1 is 1.06 bits per heavy atom. The second-order valence-electron chi connectivity index (χ2n) is 7.74. The van der Waals surface area contributed by atoms with Crippen molar-refractivity contribution in [1.82, 2.24) is 4.90 Å². The van der Waals surface area contributed by atoms with Crippen molar-refractivity contribution in [3.05, 3.63) is 93.3 Å². The van der Waals surface area contributed by atoms with Crippen LogP contribution in [0, 0.1) is 15.9 Å². The molecule has 0 aliphatic carbocycles. The van der Waals surface area contributed by atoms with Gasteiger partial charge in [-0.25, -0.2) is 4.39 Å². The number of nitrogens with zero attached hydrogens (tertiary/aromatic N) is 2. The van der Waals surface area contributed by atoms with Crippen LogP contribution in [0.1, 0.15) is 27.5 Å². The Balaban J connectivity index is 1.67. The van der Waals surface area contributed by atoms with E-state index >= 15 is 0 Å². The predicted octanol–water partition coefficient (Wildman–Crippen LogP) is 4.57. The van der Waals surface area contributed by atoms with Crippen molar-refractivity contribution in [2.24, 2.45) is 0 Å². The van der Waals surface area contributed by atoms with Gasteiger partial charge in [0, 0.05) is 24.2 Å². The van der Waals surface area contributed by atoms with Gasteiger partial charge < -0.3 is 19.1 Å². The van der Waals surface area contributed by atoms with Crippen molar-refractivity contribution >= 4 is 11.6 Å². The number of amides is 1. The first-order valence-electron chi connectivity index (χ1n) is 10.6. The van der Waals surface area contributed by atoms with E-state index in [9.17, 15) is 19.3 Å². The number of fused-ring (bicyclic) bond motifs is 1. The van der Waals surface area contributed by atoms with E-state index < -0.39 is 16.8 Å². The Hall–Kier alpha value is -4.14. The van der Waals surface area contributed by atoms with E-state index in [0.29, 0.717) is 35.8 Å². The van der Waals surface area contributed by atoms with Gasteiger partial charge in [-0.05, 0) is 66.1 Å². The molecule has 1 aliphatic heterocycles. The maximum absolute atomic E-state index is 13.4. The highest BCUT2D eigenvalue weighted by Crippen LogP contribution is 2.39. The number of carbonyl (C=O) groups excluding carboxylic acids is 1. The van der Waals surface area contributed by atoms with Crippen LogP contribution < -0.4 is 14.2 Å². The molecule has 3 aromatic carbocycles. The molecule has 0 bridgehead atoms. The lowest BCUT2D eigenvalue weighted by molar-refractivity contribution is -0.384. The van der Waals surface area contributed by atoms with Crippen LogP contribution in [0.4, 0.5) is 10.1 Å². The summed E-state index contributed by atoms with van der Waals surface area (Å²) in [4.78, 5) is 25.5.